The molecule has 78 heavy (non-hydrogen) atoms. The van der Waals surface area contributed by atoms with Gasteiger partial charge in [-0.3, -0.25) is 0 Å². The molecule has 12 aromatic rings. The summed E-state index contributed by atoms with van der Waals surface area (Å²) < 4.78 is 0. The van der Waals surface area contributed by atoms with Gasteiger partial charge in [0.15, 0.2) is 0 Å². The second-order valence-electron chi connectivity index (χ2n) is 21.9. The van der Waals surface area contributed by atoms with Crippen LogP contribution in [0.2, 0.25) is 0 Å². The Bertz CT molecular complexity index is 4180. The topological polar surface area (TPSA) is 3.24 Å². The second kappa shape index (κ2) is 17.8. The average Bonchev–Trinajstić information content (AvgIpc) is 4.01. The van der Waals surface area contributed by atoms with E-state index in [1.807, 2.05) is 0 Å². The lowest BCUT2D eigenvalue weighted by atomic mass is 9.51. The first-order chi connectivity index (χ1) is 38.5. The Morgan fingerprint density at radius 1 is 0.231 bits per heavy atom. The predicted octanol–water partition coefficient (Wildman–Crippen LogP) is 19.5. The molecule has 3 aliphatic carbocycles. The molecule has 0 atom stereocenters. The molecule has 1 nitrogen and oxygen atoms in total. The van der Waals surface area contributed by atoms with Crippen LogP contribution in [0.5, 0.6) is 0 Å². The largest absolute Gasteiger partial charge is 0.310 e. The van der Waals surface area contributed by atoms with Gasteiger partial charge in [0.05, 0.1) is 16.5 Å². The van der Waals surface area contributed by atoms with E-state index >= 15 is 0 Å². The molecule has 12 aromatic carbocycles. The van der Waals surface area contributed by atoms with Crippen molar-refractivity contribution in [2.24, 2.45) is 0 Å². The second-order valence-corrected chi connectivity index (χ2v) is 21.9. The maximum absolute atomic E-state index is 2.54. The zero-order valence-electron chi connectivity index (χ0n) is 43.7. The van der Waals surface area contributed by atoms with Gasteiger partial charge in [-0.2, -0.15) is 0 Å². The van der Waals surface area contributed by atoms with Gasteiger partial charge in [-0.05, 0) is 148 Å². The third-order valence-corrected chi connectivity index (χ3v) is 17.6. The summed E-state index contributed by atoms with van der Waals surface area (Å²) >= 11 is 0. The SMILES string of the molecule is CC1(C)c2cc(-c3ccc4c(c3)C3(c5ccccc5-4)c4ccccc4C(c4ccccc4)(c4ccccc4)c4ccccc43)ccc2-c2ccc(N(c3ccc(-c4ccccc4)cc3)c3ccccc3-c3ccccc3)cc21. The summed E-state index contributed by atoms with van der Waals surface area (Å²) in [5, 5.41) is 0. The van der Waals surface area contributed by atoms with E-state index in [0.29, 0.717) is 0 Å². The van der Waals surface area contributed by atoms with E-state index in [9.17, 15) is 0 Å². The van der Waals surface area contributed by atoms with E-state index in [1.165, 1.54) is 111 Å². The van der Waals surface area contributed by atoms with Crippen LogP contribution in [0, 0.1) is 0 Å². The molecular weight excluding hydrogens is 939 g/mol. The number of para-hydroxylation sites is 1. The number of nitrogens with zero attached hydrogens (tertiary/aromatic N) is 1. The molecule has 0 aliphatic heterocycles. The highest BCUT2D eigenvalue weighted by molar-refractivity contribution is 5.94. The maximum atomic E-state index is 2.54. The van der Waals surface area contributed by atoms with Gasteiger partial charge in [-0.25, -0.2) is 0 Å². The number of benzene rings is 12. The normalized spacial score (nSPS) is 14.3. The van der Waals surface area contributed by atoms with Gasteiger partial charge >= 0.3 is 0 Å². The van der Waals surface area contributed by atoms with Gasteiger partial charge in [-0.15, -0.1) is 0 Å². The van der Waals surface area contributed by atoms with Crippen molar-refractivity contribution in [3.05, 3.63) is 353 Å². The summed E-state index contributed by atoms with van der Waals surface area (Å²) in [7, 11) is 0. The lowest BCUT2D eigenvalue weighted by Crippen LogP contribution is -2.44. The van der Waals surface area contributed by atoms with E-state index in [4.69, 9.17) is 0 Å². The lowest BCUT2D eigenvalue weighted by molar-refractivity contribution is 0.624. The summed E-state index contributed by atoms with van der Waals surface area (Å²) in [4.78, 5) is 2.45. The van der Waals surface area contributed by atoms with Crippen LogP contribution < -0.4 is 4.90 Å². The van der Waals surface area contributed by atoms with Gasteiger partial charge in [0.1, 0.15) is 0 Å². The molecule has 0 N–H and O–H groups in total. The quantitative estimate of drug-likeness (QED) is 0.147. The van der Waals surface area contributed by atoms with Crippen LogP contribution in [0.3, 0.4) is 0 Å². The van der Waals surface area contributed by atoms with Crippen LogP contribution in [0.4, 0.5) is 17.1 Å². The molecular formula is C77H55N. The highest BCUT2D eigenvalue weighted by Crippen LogP contribution is 2.65. The fourth-order valence-corrected chi connectivity index (χ4v) is 14.2. The van der Waals surface area contributed by atoms with E-state index in [2.05, 4.69) is 316 Å². The fourth-order valence-electron chi connectivity index (χ4n) is 14.2. The van der Waals surface area contributed by atoms with Crippen LogP contribution in [0.25, 0.3) is 55.6 Å². The Balaban J connectivity index is 0.873. The minimum atomic E-state index is -0.572. The van der Waals surface area contributed by atoms with E-state index in [0.717, 1.165) is 17.1 Å². The summed E-state index contributed by atoms with van der Waals surface area (Å²) in [6.45, 7) is 4.83. The van der Waals surface area contributed by atoms with Crippen molar-refractivity contribution in [3.8, 4) is 55.6 Å². The van der Waals surface area contributed by atoms with E-state index < -0.39 is 10.8 Å². The summed E-state index contributed by atoms with van der Waals surface area (Å²) in [6, 6.07) is 111. The molecule has 0 saturated carbocycles. The van der Waals surface area contributed by atoms with Crippen LogP contribution in [0.1, 0.15) is 69.5 Å². The number of anilines is 3. The van der Waals surface area contributed by atoms with Crippen molar-refractivity contribution in [1.29, 1.82) is 0 Å². The number of hydrogen-bond acceptors (Lipinski definition) is 1. The third kappa shape index (κ3) is 6.61. The van der Waals surface area contributed by atoms with Crippen LogP contribution >= 0.6 is 0 Å². The van der Waals surface area contributed by atoms with Crippen molar-refractivity contribution in [3.63, 3.8) is 0 Å². The number of hydrogen-bond donors (Lipinski definition) is 0. The van der Waals surface area contributed by atoms with Crippen LogP contribution in [-0.4, -0.2) is 0 Å². The Morgan fingerprint density at radius 3 is 1.18 bits per heavy atom. The zero-order chi connectivity index (χ0) is 52.0. The van der Waals surface area contributed by atoms with E-state index in [1.54, 1.807) is 0 Å². The minimum Gasteiger partial charge on any atom is -0.310 e. The molecule has 0 radical (unpaired) electrons. The highest BCUT2D eigenvalue weighted by atomic mass is 15.1. The maximum Gasteiger partial charge on any atom is 0.0720 e. The molecule has 0 fully saturated rings. The standard InChI is InChI=1S/C77H55N/c1-75(2)71-49-55(41-46-63(71)64-48-45-60(51-72(64)75)78(59-43-39-53(40-44-59)52-23-7-3-8-24-52)74-38-22-16-31-61(74)54-25-9-4-10-26-54)56-42-47-65-62-32-15-17-33-66(62)77(73(65)50-56)69-36-20-18-34-67(69)76(57-27-11-5-12-28-57,58-29-13-6-14-30-58)68-35-19-21-37-70(68)77/h3-51H,1-2H3. The molecule has 0 amide bonds. The van der Waals surface area contributed by atoms with Crippen molar-refractivity contribution in [2.75, 3.05) is 4.90 Å². The first kappa shape index (κ1) is 45.8. The van der Waals surface area contributed by atoms with Crippen LogP contribution in [0.15, 0.2) is 297 Å². The van der Waals surface area contributed by atoms with Gasteiger partial charge in [0.25, 0.3) is 0 Å². The molecule has 0 heterocycles. The summed E-state index contributed by atoms with van der Waals surface area (Å²) in [5.41, 5.74) is 27.5. The summed E-state index contributed by atoms with van der Waals surface area (Å²) in [5.74, 6) is 0. The first-order valence-corrected chi connectivity index (χ1v) is 27.4. The van der Waals surface area contributed by atoms with E-state index in [-0.39, 0.29) is 5.41 Å². The molecule has 1 spiro atoms. The average molecular weight is 994 g/mol. The molecule has 3 aliphatic rings. The van der Waals surface area contributed by atoms with Gasteiger partial charge in [0.2, 0.25) is 0 Å². The van der Waals surface area contributed by atoms with Gasteiger partial charge in [-0.1, -0.05) is 269 Å². The Kier molecular flexibility index (Phi) is 10.4. The Morgan fingerprint density at radius 2 is 0.603 bits per heavy atom. The van der Waals surface area contributed by atoms with Crippen LogP contribution in [-0.2, 0) is 16.2 Å². The predicted molar refractivity (Wildman–Crippen MR) is 324 cm³/mol. The first-order valence-electron chi connectivity index (χ1n) is 27.4. The molecule has 1 heteroatoms. The third-order valence-electron chi connectivity index (χ3n) is 17.6. The van der Waals surface area contributed by atoms with Crippen molar-refractivity contribution in [1.82, 2.24) is 0 Å². The number of fused-ring (bicyclic) bond motifs is 12. The zero-order valence-corrected chi connectivity index (χ0v) is 43.7. The number of rotatable bonds is 8. The molecule has 15 rings (SSSR count). The lowest BCUT2D eigenvalue weighted by Gasteiger charge is -2.50. The molecule has 368 valence electrons. The molecule has 0 unspecified atom stereocenters. The monoisotopic (exact) mass is 993 g/mol. The van der Waals surface area contributed by atoms with Crippen molar-refractivity contribution in [2.45, 2.75) is 30.1 Å². The fraction of sp³-hybridized carbons (Fsp3) is 0.0649. The highest BCUT2D eigenvalue weighted by Gasteiger charge is 2.56. The van der Waals surface area contributed by atoms with Gasteiger partial charge < -0.3 is 4.90 Å². The smallest absolute Gasteiger partial charge is 0.0720 e. The van der Waals surface area contributed by atoms with Gasteiger partial charge in [0, 0.05) is 22.4 Å². The molecule has 0 aromatic heterocycles. The van der Waals surface area contributed by atoms with Crippen molar-refractivity contribution < 1.29 is 0 Å². The minimum absolute atomic E-state index is 0.286. The van der Waals surface area contributed by atoms with Crippen molar-refractivity contribution >= 4 is 17.1 Å². The molecule has 0 saturated heterocycles. The summed E-state index contributed by atoms with van der Waals surface area (Å²) in [6.07, 6.45) is 0. The Hall–Kier alpha value is -9.56. The molecule has 0 bridgehead atoms. The Labute approximate surface area is 458 Å².